The number of methoxy groups -OCH3 is 2. The Balaban J connectivity index is 1.84. The molecule has 2 aromatic carbocycles. The average molecular weight is 445 g/mol. The smallest absolute Gasteiger partial charge is 0.337 e. The molecule has 0 spiro atoms. The number of halogens is 1. The van der Waals surface area contributed by atoms with Crippen molar-refractivity contribution in [3.05, 3.63) is 63.0 Å². The van der Waals surface area contributed by atoms with Gasteiger partial charge in [0, 0.05) is 6.04 Å². The average Bonchev–Trinajstić information content (AvgIpc) is 3.04. The fourth-order valence-corrected chi connectivity index (χ4v) is 4.62. The van der Waals surface area contributed by atoms with E-state index in [4.69, 9.17) is 21.1 Å². The highest BCUT2D eigenvalue weighted by Crippen LogP contribution is 2.31. The molecule has 0 amide bonds. The molecule has 3 aromatic rings. The predicted octanol–water partition coefficient (Wildman–Crippen LogP) is 3.78. The summed E-state index contributed by atoms with van der Waals surface area (Å²) < 4.78 is 13.5. The lowest BCUT2D eigenvalue weighted by Gasteiger charge is -2.26. The minimum Gasteiger partial charge on any atom is -0.495 e. The summed E-state index contributed by atoms with van der Waals surface area (Å²) in [4.78, 5) is 25.6. The van der Waals surface area contributed by atoms with Gasteiger partial charge in [0.15, 0.2) is 0 Å². The summed E-state index contributed by atoms with van der Waals surface area (Å²) in [7, 11) is 2.88. The number of fused-ring (bicyclic) bond motifs is 1. The van der Waals surface area contributed by atoms with E-state index in [1.165, 1.54) is 7.11 Å². The van der Waals surface area contributed by atoms with Crippen molar-refractivity contribution in [3.63, 3.8) is 0 Å². The Morgan fingerprint density at radius 3 is 2.48 bits per heavy atom. The fourth-order valence-electron chi connectivity index (χ4n) is 4.34. The molecule has 0 aliphatic heterocycles. The molecule has 1 aliphatic carbocycles. The van der Waals surface area contributed by atoms with Crippen molar-refractivity contribution in [1.29, 1.82) is 0 Å². The SMILES string of the molecule is COC(=O)c1ccc2c(c1)n(Cc1ccc(OC)c(Cl)c1)c(=O)n2[C@H]1CC[C@H](O)CC1. The zero-order valence-corrected chi connectivity index (χ0v) is 18.3. The maximum absolute atomic E-state index is 13.5. The van der Waals surface area contributed by atoms with Crippen molar-refractivity contribution in [2.75, 3.05) is 14.2 Å². The number of benzene rings is 2. The molecule has 0 atom stereocenters. The van der Waals surface area contributed by atoms with Crippen LogP contribution in [0.3, 0.4) is 0 Å². The summed E-state index contributed by atoms with van der Waals surface area (Å²) in [6.45, 7) is 0.298. The summed E-state index contributed by atoms with van der Waals surface area (Å²) in [5.41, 5.74) is 2.50. The zero-order chi connectivity index (χ0) is 22.1. The molecule has 1 fully saturated rings. The highest BCUT2D eigenvalue weighted by Gasteiger charge is 2.26. The first-order valence-corrected chi connectivity index (χ1v) is 10.6. The lowest BCUT2D eigenvalue weighted by molar-refractivity contribution is 0.0601. The first-order valence-electron chi connectivity index (χ1n) is 10.3. The Labute approximate surface area is 184 Å². The van der Waals surface area contributed by atoms with Crippen LogP contribution in [0.15, 0.2) is 41.2 Å². The van der Waals surface area contributed by atoms with E-state index in [1.807, 2.05) is 6.07 Å². The lowest BCUT2D eigenvalue weighted by atomic mass is 9.93. The monoisotopic (exact) mass is 444 g/mol. The number of ether oxygens (including phenoxy) is 2. The molecule has 31 heavy (non-hydrogen) atoms. The van der Waals surface area contributed by atoms with Crippen LogP contribution in [-0.4, -0.2) is 40.5 Å². The molecule has 0 saturated heterocycles. The highest BCUT2D eigenvalue weighted by molar-refractivity contribution is 6.32. The highest BCUT2D eigenvalue weighted by atomic mass is 35.5. The van der Waals surface area contributed by atoms with E-state index in [0.717, 1.165) is 23.9 Å². The number of aliphatic hydroxyl groups is 1. The Morgan fingerprint density at radius 1 is 1.10 bits per heavy atom. The first kappa shape index (κ1) is 21.5. The van der Waals surface area contributed by atoms with Crippen molar-refractivity contribution < 1.29 is 19.4 Å². The third kappa shape index (κ3) is 4.07. The number of rotatable bonds is 5. The van der Waals surface area contributed by atoms with Crippen LogP contribution in [0.1, 0.15) is 47.6 Å². The van der Waals surface area contributed by atoms with Gasteiger partial charge in [0.2, 0.25) is 0 Å². The van der Waals surface area contributed by atoms with E-state index in [-0.39, 0.29) is 17.8 Å². The number of carbonyl (C=O) groups is 1. The van der Waals surface area contributed by atoms with Crippen molar-refractivity contribution in [2.24, 2.45) is 0 Å². The summed E-state index contributed by atoms with van der Waals surface area (Å²) in [5, 5.41) is 10.3. The maximum atomic E-state index is 13.5. The van der Waals surface area contributed by atoms with E-state index in [0.29, 0.717) is 41.2 Å². The van der Waals surface area contributed by atoms with Gasteiger partial charge in [0.05, 0.1) is 48.5 Å². The van der Waals surface area contributed by atoms with E-state index >= 15 is 0 Å². The molecule has 4 rings (SSSR count). The number of imidazole rings is 1. The molecule has 0 radical (unpaired) electrons. The van der Waals surface area contributed by atoms with E-state index in [9.17, 15) is 14.7 Å². The zero-order valence-electron chi connectivity index (χ0n) is 17.5. The summed E-state index contributed by atoms with van der Waals surface area (Å²) in [6, 6.07) is 10.6. The van der Waals surface area contributed by atoms with Crippen molar-refractivity contribution >= 4 is 28.6 Å². The molecule has 1 aromatic heterocycles. The molecular weight excluding hydrogens is 420 g/mol. The van der Waals surface area contributed by atoms with Gasteiger partial charge in [0.1, 0.15) is 5.75 Å². The minimum absolute atomic E-state index is 0.00285. The van der Waals surface area contributed by atoms with Crippen LogP contribution in [0.4, 0.5) is 0 Å². The maximum Gasteiger partial charge on any atom is 0.337 e. The van der Waals surface area contributed by atoms with Crippen LogP contribution in [0.2, 0.25) is 5.02 Å². The minimum atomic E-state index is -0.457. The van der Waals surface area contributed by atoms with Gasteiger partial charge >= 0.3 is 11.7 Å². The fraction of sp³-hybridized carbons (Fsp3) is 0.391. The van der Waals surface area contributed by atoms with Crippen molar-refractivity contribution in [2.45, 2.75) is 44.4 Å². The van der Waals surface area contributed by atoms with Crippen LogP contribution in [0.5, 0.6) is 5.75 Å². The number of aromatic nitrogens is 2. The normalized spacial score (nSPS) is 18.8. The summed E-state index contributed by atoms with van der Waals surface area (Å²) in [5.74, 6) is 0.107. The predicted molar refractivity (Wildman–Crippen MR) is 118 cm³/mol. The second kappa shape index (κ2) is 8.77. The topological polar surface area (TPSA) is 82.7 Å². The molecule has 1 aliphatic rings. The molecule has 0 bridgehead atoms. The molecule has 7 nitrogen and oxygen atoms in total. The Bertz CT molecular complexity index is 1170. The van der Waals surface area contributed by atoms with Crippen molar-refractivity contribution in [1.82, 2.24) is 9.13 Å². The number of esters is 1. The number of nitrogens with zero attached hydrogens (tertiary/aromatic N) is 2. The van der Waals surface area contributed by atoms with Crippen LogP contribution >= 0.6 is 11.6 Å². The van der Waals surface area contributed by atoms with Crippen LogP contribution < -0.4 is 10.4 Å². The molecule has 0 unspecified atom stereocenters. The Morgan fingerprint density at radius 2 is 1.84 bits per heavy atom. The van der Waals surface area contributed by atoms with Gasteiger partial charge in [-0.25, -0.2) is 9.59 Å². The number of aliphatic hydroxyl groups excluding tert-OH is 1. The van der Waals surface area contributed by atoms with E-state index in [2.05, 4.69) is 0 Å². The van der Waals surface area contributed by atoms with Crippen LogP contribution in [0.25, 0.3) is 11.0 Å². The second-order valence-electron chi connectivity index (χ2n) is 7.87. The van der Waals surface area contributed by atoms with Gasteiger partial charge in [0.25, 0.3) is 0 Å². The molecule has 1 heterocycles. The second-order valence-corrected chi connectivity index (χ2v) is 8.27. The summed E-state index contributed by atoms with van der Waals surface area (Å²) in [6.07, 6.45) is 2.48. The Kier molecular flexibility index (Phi) is 6.07. The van der Waals surface area contributed by atoms with Crippen LogP contribution in [0, 0.1) is 0 Å². The Hall–Kier alpha value is -2.77. The third-order valence-corrected chi connectivity index (χ3v) is 6.27. The van der Waals surface area contributed by atoms with E-state index < -0.39 is 5.97 Å². The van der Waals surface area contributed by atoms with Gasteiger partial charge in [-0.15, -0.1) is 0 Å². The molecular formula is C23H25ClN2O5. The van der Waals surface area contributed by atoms with E-state index in [1.54, 1.807) is 46.6 Å². The number of hydrogen-bond acceptors (Lipinski definition) is 5. The molecule has 164 valence electrons. The lowest BCUT2D eigenvalue weighted by Crippen LogP contribution is -2.31. The number of carbonyl (C=O) groups excluding carboxylic acids is 1. The molecule has 1 saturated carbocycles. The van der Waals surface area contributed by atoms with Gasteiger partial charge in [-0.3, -0.25) is 9.13 Å². The summed E-state index contributed by atoms with van der Waals surface area (Å²) >= 11 is 6.28. The van der Waals surface area contributed by atoms with Gasteiger partial charge in [-0.2, -0.15) is 0 Å². The first-order chi connectivity index (χ1) is 14.9. The quantitative estimate of drug-likeness (QED) is 0.605. The molecule has 1 N–H and O–H groups in total. The standard InChI is InChI=1S/C23H25ClN2O5/c1-30-21-10-3-14(11-18(21)24)13-25-20-12-15(22(28)31-2)4-9-19(20)26(23(25)29)16-5-7-17(27)8-6-16/h3-4,9-12,16-17,27H,5-8,13H2,1-2H3/t16-,17-. The third-order valence-electron chi connectivity index (χ3n) is 5.97. The number of hydrogen-bond donors (Lipinski definition) is 1. The largest absolute Gasteiger partial charge is 0.495 e. The molecule has 8 heteroatoms. The van der Waals surface area contributed by atoms with Gasteiger partial charge in [-0.1, -0.05) is 17.7 Å². The van der Waals surface area contributed by atoms with Gasteiger partial charge in [-0.05, 0) is 61.6 Å². The van der Waals surface area contributed by atoms with Crippen molar-refractivity contribution in [3.8, 4) is 5.75 Å². The van der Waals surface area contributed by atoms with Gasteiger partial charge < -0.3 is 14.6 Å². The van der Waals surface area contributed by atoms with Crippen LogP contribution in [-0.2, 0) is 11.3 Å².